The number of benzene rings is 8. The van der Waals surface area contributed by atoms with Crippen molar-refractivity contribution < 1.29 is 0 Å². The highest BCUT2D eigenvalue weighted by Gasteiger charge is 2.50. The maximum Gasteiger partial charge on any atom is 0.333 e. The third kappa shape index (κ3) is 4.68. The van der Waals surface area contributed by atoms with Gasteiger partial charge in [-0.2, -0.15) is 0 Å². The molecule has 0 radical (unpaired) electrons. The molecule has 3 aliphatic heterocycles. The van der Waals surface area contributed by atoms with Gasteiger partial charge in [-0.3, -0.25) is 0 Å². The molecule has 3 aliphatic rings. The molecule has 0 saturated carbocycles. The summed E-state index contributed by atoms with van der Waals surface area (Å²) in [6, 6.07) is 47.8. The first-order chi connectivity index (χ1) is 27.4. The Kier molecular flexibility index (Phi) is 6.97. The second kappa shape index (κ2) is 11.3. The van der Waals surface area contributed by atoms with Crippen molar-refractivity contribution in [2.75, 3.05) is 9.71 Å². The summed E-state index contributed by atoms with van der Waals surface area (Å²) in [6.45, 7) is 25.8. The third-order valence-corrected chi connectivity index (χ3v) is 14.0. The Bertz CT molecular complexity index is 3020. The van der Waals surface area contributed by atoms with Crippen LogP contribution in [0.3, 0.4) is 0 Å². The zero-order valence-corrected chi connectivity index (χ0v) is 36.0. The summed E-state index contributed by atoms with van der Waals surface area (Å²) in [4.78, 5) is 5.38. The van der Waals surface area contributed by atoms with Gasteiger partial charge in [-0.15, -0.1) is 0 Å². The quantitative estimate of drug-likeness (QED) is 0.122. The lowest BCUT2D eigenvalue weighted by molar-refractivity contribution is 0.590. The second-order valence-electron chi connectivity index (χ2n) is 21.1. The van der Waals surface area contributed by atoms with E-state index >= 15 is 0 Å². The monoisotopic (exact) mass is 752 g/mol. The van der Waals surface area contributed by atoms with Gasteiger partial charge in [0.15, 0.2) is 0 Å². The molecule has 0 atom stereocenters. The maximum atomic E-state index is 2.69. The number of hydrogen-bond acceptors (Lipinski definition) is 2. The second-order valence-corrected chi connectivity index (χ2v) is 21.1. The van der Waals surface area contributed by atoms with Crippen LogP contribution >= 0.6 is 0 Å². The fourth-order valence-electron chi connectivity index (χ4n) is 10.8. The van der Waals surface area contributed by atoms with Crippen molar-refractivity contribution in [2.24, 2.45) is 0 Å². The van der Waals surface area contributed by atoms with Crippen molar-refractivity contribution in [1.29, 1.82) is 0 Å². The number of para-hydroxylation sites is 2. The van der Waals surface area contributed by atoms with Crippen molar-refractivity contribution in [3.63, 3.8) is 0 Å². The first-order valence-electron chi connectivity index (χ1n) is 21.3. The van der Waals surface area contributed by atoms with E-state index in [0.29, 0.717) is 0 Å². The molecule has 0 amide bonds. The zero-order valence-electron chi connectivity index (χ0n) is 36.0. The molecule has 58 heavy (non-hydrogen) atoms. The van der Waals surface area contributed by atoms with Gasteiger partial charge in [0.05, 0.1) is 11.4 Å². The number of nitrogens with zero attached hydrogens (tertiary/aromatic N) is 2. The van der Waals surface area contributed by atoms with Crippen LogP contribution in [0, 0.1) is 0 Å². The highest BCUT2D eigenvalue weighted by atomic mass is 15.2. The lowest BCUT2D eigenvalue weighted by atomic mass is 9.42. The smallest absolute Gasteiger partial charge is 0.333 e. The van der Waals surface area contributed by atoms with Crippen LogP contribution in [0.15, 0.2) is 121 Å². The molecule has 0 spiro atoms. The van der Waals surface area contributed by atoms with Crippen molar-refractivity contribution in [2.45, 2.75) is 97.8 Å². The van der Waals surface area contributed by atoms with Crippen LogP contribution in [0.25, 0.3) is 43.4 Å². The SMILES string of the molecule is CC(C)(C)c1ccc(N2B3c4cccc5c4N(c4ccccc4C5(C)C)c4c3c(c3ccc5cc(C(C)(C)C)cc6ccc4c3c56)-c3cc(C(C)(C)C)ccc32)cc1. The summed E-state index contributed by atoms with van der Waals surface area (Å²) in [5.41, 5.74) is 18.6. The molecule has 8 aromatic carbocycles. The van der Waals surface area contributed by atoms with Gasteiger partial charge in [0.1, 0.15) is 0 Å². The molecule has 0 N–H and O–H groups in total. The lowest BCUT2D eigenvalue weighted by Gasteiger charge is -2.51. The van der Waals surface area contributed by atoms with Gasteiger partial charge in [-0.1, -0.05) is 167 Å². The van der Waals surface area contributed by atoms with Gasteiger partial charge < -0.3 is 9.71 Å². The summed E-state index contributed by atoms with van der Waals surface area (Å²) in [5, 5.41) is 8.07. The van der Waals surface area contributed by atoms with Gasteiger partial charge in [-0.25, -0.2) is 0 Å². The molecule has 286 valence electrons. The van der Waals surface area contributed by atoms with Gasteiger partial charge in [-0.05, 0) is 112 Å². The Morgan fingerprint density at radius 3 is 1.79 bits per heavy atom. The molecule has 0 unspecified atom stereocenters. The van der Waals surface area contributed by atoms with E-state index in [1.54, 1.807) is 0 Å². The van der Waals surface area contributed by atoms with Crippen molar-refractivity contribution in [3.8, 4) is 11.1 Å². The number of fused-ring (bicyclic) bond motifs is 8. The maximum absolute atomic E-state index is 2.69. The van der Waals surface area contributed by atoms with Gasteiger partial charge in [0.25, 0.3) is 0 Å². The van der Waals surface area contributed by atoms with E-state index in [1.165, 1.54) is 111 Å². The summed E-state index contributed by atoms with van der Waals surface area (Å²) >= 11 is 0. The Morgan fingerprint density at radius 2 is 1.12 bits per heavy atom. The van der Waals surface area contributed by atoms with Crippen LogP contribution in [0.5, 0.6) is 0 Å². The van der Waals surface area contributed by atoms with Gasteiger partial charge >= 0.3 is 6.85 Å². The van der Waals surface area contributed by atoms with E-state index in [4.69, 9.17) is 0 Å². The van der Waals surface area contributed by atoms with E-state index in [2.05, 4.69) is 207 Å². The highest BCUT2D eigenvalue weighted by molar-refractivity contribution is 6.94. The molecular formula is C55H53BN2. The van der Waals surface area contributed by atoms with Crippen molar-refractivity contribution in [1.82, 2.24) is 0 Å². The topological polar surface area (TPSA) is 6.48 Å². The fourth-order valence-corrected chi connectivity index (χ4v) is 10.8. The zero-order chi connectivity index (χ0) is 40.4. The van der Waals surface area contributed by atoms with Crippen LogP contribution in [-0.4, -0.2) is 6.85 Å². The van der Waals surface area contributed by atoms with E-state index in [9.17, 15) is 0 Å². The van der Waals surface area contributed by atoms with Crippen LogP contribution in [0.2, 0.25) is 0 Å². The normalized spacial score (nSPS) is 15.5. The van der Waals surface area contributed by atoms with Crippen molar-refractivity contribution >= 4 is 78.5 Å². The Hall–Kier alpha value is -5.54. The minimum Gasteiger partial charge on any atom is -0.376 e. The molecule has 0 fully saturated rings. The van der Waals surface area contributed by atoms with Crippen LogP contribution in [0.4, 0.5) is 28.4 Å². The molecule has 0 aromatic heterocycles. The minimum atomic E-state index is -0.181. The summed E-state index contributed by atoms with van der Waals surface area (Å²) in [6.07, 6.45) is 0. The number of hydrogen-bond donors (Lipinski definition) is 0. The van der Waals surface area contributed by atoms with Crippen LogP contribution < -0.4 is 20.6 Å². The Labute approximate surface area is 345 Å². The molecule has 2 nitrogen and oxygen atoms in total. The summed E-state index contributed by atoms with van der Waals surface area (Å²) in [7, 11) is 0. The summed E-state index contributed by atoms with van der Waals surface area (Å²) < 4.78 is 0. The third-order valence-electron chi connectivity index (χ3n) is 14.0. The molecule has 0 saturated heterocycles. The molecule has 8 aromatic rings. The van der Waals surface area contributed by atoms with Crippen molar-refractivity contribution in [3.05, 3.63) is 149 Å². The van der Waals surface area contributed by atoms with Gasteiger partial charge in [0.2, 0.25) is 0 Å². The van der Waals surface area contributed by atoms with Crippen LogP contribution in [0.1, 0.15) is 104 Å². The largest absolute Gasteiger partial charge is 0.376 e. The predicted molar refractivity (Wildman–Crippen MR) is 252 cm³/mol. The van der Waals surface area contributed by atoms with E-state index in [1.807, 2.05) is 0 Å². The predicted octanol–water partition coefficient (Wildman–Crippen LogP) is 13.8. The highest BCUT2D eigenvalue weighted by Crippen LogP contribution is 2.58. The molecule has 3 heterocycles. The first-order valence-corrected chi connectivity index (χ1v) is 21.3. The minimum absolute atomic E-state index is 0.0167. The molecule has 0 bridgehead atoms. The average Bonchev–Trinajstić information content (AvgIpc) is 3.18. The first kappa shape index (κ1) is 35.6. The molecule has 11 rings (SSSR count). The average molecular weight is 753 g/mol. The number of rotatable bonds is 1. The fraction of sp³-hybridized carbons (Fsp3) is 0.273. The lowest BCUT2D eigenvalue weighted by Crippen LogP contribution is -2.62. The van der Waals surface area contributed by atoms with Gasteiger partial charge in [0, 0.05) is 38.8 Å². The molecular weight excluding hydrogens is 699 g/mol. The van der Waals surface area contributed by atoms with E-state index in [0.717, 1.165) is 0 Å². The number of anilines is 5. The summed E-state index contributed by atoms with van der Waals surface area (Å²) in [5.74, 6) is 0. The Balaban J connectivity index is 1.36. The van der Waals surface area contributed by atoms with E-state index < -0.39 is 0 Å². The molecule has 0 aliphatic carbocycles. The van der Waals surface area contributed by atoms with E-state index in [-0.39, 0.29) is 28.5 Å². The van der Waals surface area contributed by atoms with Crippen LogP contribution in [-0.2, 0) is 21.7 Å². The molecule has 3 heteroatoms. The Morgan fingerprint density at radius 1 is 0.500 bits per heavy atom. The standard InChI is InChI=1S/C55H53BN2/c1-52(2,3)34-21-24-37(25-22-34)58-44-28-23-35(53(4,5)6)31-40(44)48-38-26-19-32-29-36(54(7,8)9)30-33-20-27-39(47(38)46(32)33)50-49(48)56(58)43-17-14-16-42-51(43)57(50)45-18-13-12-15-41(45)55(42,10)11/h12-31H,1-11H3.